The van der Waals surface area contributed by atoms with Gasteiger partial charge in [-0.15, -0.1) is 0 Å². The minimum Gasteiger partial charge on any atom is -0.481 e. The van der Waals surface area contributed by atoms with Crippen LogP contribution >= 0.6 is 0 Å². The average Bonchev–Trinajstić information content (AvgIpc) is 2.84. The zero-order valence-electron chi connectivity index (χ0n) is 12.0. The Balaban J connectivity index is 1.91. The van der Waals surface area contributed by atoms with Crippen molar-refractivity contribution in [1.82, 2.24) is 19.8 Å². The Kier molecular flexibility index (Phi) is 3.97. The van der Waals surface area contributed by atoms with Crippen LogP contribution in [0.5, 0.6) is 0 Å². The summed E-state index contributed by atoms with van der Waals surface area (Å²) in [6.45, 7) is 4.31. The second kappa shape index (κ2) is 5.55. The van der Waals surface area contributed by atoms with Gasteiger partial charge in [-0.3, -0.25) is 14.9 Å². The summed E-state index contributed by atoms with van der Waals surface area (Å²) in [7, 11) is 0. The Morgan fingerprint density at radius 3 is 2.76 bits per heavy atom. The maximum absolute atomic E-state index is 12.0. The van der Waals surface area contributed by atoms with Crippen LogP contribution in [-0.4, -0.2) is 44.0 Å². The molecule has 114 valence electrons. The van der Waals surface area contributed by atoms with E-state index in [1.54, 1.807) is 6.20 Å². The first kappa shape index (κ1) is 15.0. The van der Waals surface area contributed by atoms with Gasteiger partial charge in [0.25, 0.3) is 0 Å². The number of fused-ring (bicyclic) bond motifs is 1. The topological polar surface area (TPSA) is 105 Å². The number of imide groups is 1. The molecular formula is C13H18N4O4. The summed E-state index contributed by atoms with van der Waals surface area (Å²) in [5.41, 5.74) is -1.21. The van der Waals surface area contributed by atoms with Gasteiger partial charge < -0.3 is 14.6 Å². The lowest BCUT2D eigenvalue weighted by atomic mass is 9.89. The van der Waals surface area contributed by atoms with Crippen molar-refractivity contribution in [3.63, 3.8) is 0 Å². The number of urea groups is 1. The van der Waals surface area contributed by atoms with Crippen LogP contribution in [0.2, 0.25) is 0 Å². The van der Waals surface area contributed by atoms with Gasteiger partial charge in [-0.05, 0) is 13.8 Å². The summed E-state index contributed by atoms with van der Waals surface area (Å²) in [6, 6.07) is -0.518. The van der Waals surface area contributed by atoms with Gasteiger partial charge >= 0.3 is 12.0 Å². The third kappa shape index (κ3) is 3.39. The minimum atomic E-state index is -1.21. The zero-order chi connectivity index (χ0) is 15.6. The van der Waals surface area contributed by atoms with E-state index < -0.39 is 23.3 Å². The van der Waals surface area contributed by atoms with Crippen molar-refractivity contribution in [2.75, 3.05) is 6.54 Å². The fraction of sp³-hybridized carbons (Fsp3) is 0.538. The molecule has 0 unspecified atom stereocenters. The van der Waals surface area contributed by atoms with Crippen molar-refractivity contribution < 1.29 is 19.5 Å². The van der Waals surface area contributed by atoms with E-state index in [0.717, 1.165) is 5.82 Å². The molecule has 0 atom stereocenters. The van der Waals surface area contributed by atoms with E-state index in [1.165, 1.54) is 18.7 Å². The fourth-order valence-corrected chi connectivity index (χ4v) is 2.07. The monoisotopic (exact) mass is 294 g/mol. The molecule has 0 aliphatic carbocycles. The van der Waals surface area contributed by atoms with Crippen molar-refractivity contribution in [3.05, 3.63) is 18.2 Å². The van der Waals surface area contributed by atoms with Crippen LogP contribution in [0.4, 0.5) is 4.79 Å². The number of aromatic nitrogens is 2. The Morgan fingerprint density at radius 1 is 1.38 bits per heavy atom. The molecule has 1 aliphatic heterocycles. The van der Waals surface area contributed by atoms with Crippen LogP contribution in [0, 0.1) is 5.41 Å². The molecule has 8 nitrogen and oxygen atoms in total. The molecule has 2 rings (SSSR count). The molecule has 21 heavy (non-hydrogen) atoms. The second-order valence-corrected chi connectivity index (χ2v) is 5.68. The number of carbonyl (C=O) groups is 3. The number of nitrogens with one attached hydrogen (secondary N) is 1. The predicted octanol–water partition coefficient (Wildman–Crippen LogP) is 0.436. The summed E-state index contributed by atoms with van der Waals surface area (Å²) in [4.78, 5) is 40.3. The fourth-order valence-electron chi connectivity index (χ4n) is 2.07. The van der Waals surface area contributed by atoms with E-state index in [1.807, 2.05) is 10.8 Å². The number of carboxylic acid groups (broad SMARTS) is 1. The van der Waals surface area contributed by atoms with E-state index >= 15 is 0 Å². The Bertz CT molecular complexity index is 578. The number of nitrogens with zero attached hydrogens (tertiary/aromatic N) is 3. The van der Waals surface area contributed by atoms with Crippen molar-refractivity contribution in [2.24, 2.45) is 5.41 Å². The minimum absolute atomic E-state index is 0.253. The van der Waals surface area contributed by atoms with Crippen LogP contribution in [0.1, 0.15) is 26.1 Å². The largest absolute Gasteiger partial charge is 0.481 e. The Labute approximate surface area is 121 Å². The zero-order valence-corrected chi connectivity index (χ0v) is 12.0. The van der Waals surface area contributed by atoms with Crippen LogP contribution in [0.15, 0.2) is 12.4 Å². The van der Waals surface area contributed by atoms with E-state index in [2.05, 4.69) is 10.3 Å². The highest BCUT2D eigenvalue weighted by molar-refractivity contribution is 5.96. The average molecular weight is 294 g/mol. The van der Waals surface area contributed by atoms with E-state index in [4.69, 9.17) is 5.11 Å². The quantitative estimate of drug-likeness (QED) is 0.841. The number of amides is 3. The highest BCUT2D eigenvalue weighted by atomic mass is 16.4. The number of imidazole rings is 1. The molecule has 3 amide bonds. The normalized spacial score (nSPS) is 14.5. The highest BCUT2D eigenvalue weighted by Gasteiger charge is 2.31. The number of hydrogen-bond acceptors (Lipinski definition) is 4. The summed E-state index contributed by atoms with van der Waals surface area (Å²) < 4.78 is 1.94. The second-order valence-electron chi connectivity index (χ2n) is 5.68. The van der Waals surface area contributed by atoms with Gasteiger partial charge in [0, 0.05) is 31.9 Å². The van der Waals surface area contributed by atoms with Crippen molar-refractivity contribution in [1.29, 1.82) is 0 Å². The third-order valence-corrected chi connectivity index (χ3v) is 3.46. The number of carbonyl (C=O) groups excluding carboxylic acids is 2. The molecule has 1 aromatic heterocycles. The summed E-state index contributed by atoms with van der Waals surface area (Å²) in [6.07, 6.45) is 3.25. The first-order chi connectivity index (χ1) is 9.79. The Morgan fingerprint density at radius 2 is 2.10 bits per heavy atom. The van der Waals surface area contributed by atoms with Crippen molar-refractivity contribution in [3.8, 4) is 0 Å². The van der Waals surface area contributed by atoms with Gasteiger partial charge in [-0.1, -0.05) is 0 Å². The van der Waals surface area contributed by atoms with Crippen molar-refractivity contribution >= 4 is 17.9 Å². The molecule has 8 heteroatoms. The van der Waals surface area contributed by atoms with E-state index in [-0.39, 0.29) is 6.42 Å². The van der Waals surface area contributed by atoms with Gasteiger partial charge in [-0.25, -0.2) is 9.78 Å². The number of hydrogen-bond donors (Lipinski definition) is 2. The molecule has 1 aliphatic rings. The van der Waals surface area contributed by atoms with Gasteiger partial charge in [0.1, 0.15) is 5.82 Å². The molecule has 0 fully saturated rings. The van der Waals surface area contributed by atoms with Crippen LogP contribution < -0.4 is 5.32 Å². The summed E-state index contributed by atoms with van der Waals surface area (Å²) in [5.74, 6) is -0.916. The molecule has 0 spiro atoms. The maximum atomic E-state index is 12.0. The summed E-state index contributed by atoms with van der Waals surface area (Å²) in [5, 5.41) is 11.2. The first-order valence-corrected chi connectivity index (χ1v) is 6.62. The molecule has 2 N–H and O–H groups in total. The number of rotatable bonds is 3. The molecule has 2 heterocycles. The molecule has 0 saturated carbocycles. The molecule has 0 bridgehead atoms. The smallest absolute Gasteiger partial charge is 0.324 e. The SMILES string of the molecule is CC(C)(CC(=O)NC(=O)N1CCn2ccnc2C1)C(=O)O. The standard InChI is InChI=1S/C13H18N4O4/c1-13(2,11(19)20)7-10(18)15-12(21)17-6-5-16-4-3-14-9(16)8-17/h3-4H,5-8H2,1-2H3,(H,19,20)(H,15,18,21). The van der Waals surface area contributed by atoms with E-state index in [9.17, 15) is 14.4 Å². The summed E-state index contributed by atoms with van der Waals surface area (Å²) >= 11 is 0. The van der Waals surface area contributed by atoms with Crippen molar-refractivity contribution in [2.45, 2.75) is 33.4 Å². The van der Waals surface area contributed by atoms with Gasteiger partial charge in [0.05, 0.1) is 12.0 Å². The van der Waals surface area contributed by atoms with Crippen LogP contribution in [0.3, 0.4) is 0 Å². The number of carboxylic acids is 1. The lowest BCUT2D eigenvalue weighted by molar-refractivity contribution is -0.149. The molecular weight excluding hydrogens is 276 g/mol. The molecule has 0 radical (unpaired) electrons. The van der Waals surface area contributed by atoms with Crippen LogP contribution in [-0.2, 0) is 22.7 Å². The molecule has 0 aromatic carbocycles. The first-order valence-electron chi connectivity index (χ1n) is 6.62. The van der Waals surface area contributed by atoms with Crippen LogP contribution in [0.25, 0.3) is 0 Å². The van der Waals surface area contributed by atoms with Gasteiger partial charge in [0.15, 0.2) is 0 Å². The third-order valence-electron chi connectivity index (χ3n) is 3.46. The molecule has 0 saturated heterocycles. The lowest BCUT2D eigenvalue weighted by Gasteiger charge is -2.28. The maximum Gasteiger partial charge on any atom is 0.324 e. The Hall–Kier alpha value is -2.38. The van der Waals surface area contributed by atoms with Gasteiger partial charge in [-0.2, -0.15) is 0 Å². The number of aliphatic carboxylic acids is 1. The predicted molar refractivity (Wildman–Crippen MR) is 72.2 cm³/mol. The van der Waals surface area contributed by atoms with E-state index in [0.29, 0.717) is 19.6 Å². The lowest BCUT2D eigenvalue weighted by Crippen LogP contribution is -2.47. The highest BCUT2D eigenvalue weighted by Crippen LogP contribution is 2.20. The molecule has 1 aromatic rings. The van der Waals surface area contributed by atoms with Gasteiger partial charge in [0.2, 0.25) is 5.91 Å².